The van der Waals surface area contributed by atoms with Crippen molar-refractivity contribution in [2.45, 2.75) is 31.6 Å². The summed E-state index contributed by atoms with van der Waals surface area (Å²) in [5, 5.41) is 0. The minimum atomic E-state index is -0.140. The number of nitrogens with zero attached hydrogens (tertiary/aromatic N) is 2. The van der Waals surface area contributed by atoms with Crippen LogP contribution >= 0.6 is 0 Å². The molecule has 2 aromatic carbocycles. The molecule has 0 atom stereocenters. The van der Waals surface area contributed by atoms with E-state index in [-0.39, 0.29) is 11.3 Å². The fourth-order valence-corrected chi connectivity index (χ4v) is 4.06. The summed E-state index contributed by atoms with van der Waals surface area (Å²) in [4.78, 5) is 17.7. The minimum Gasteiger partial charge on any atom is -0.379 e. The van der Waals surface area contributed by atoms with Gasteiger partial charge in [0.25, 0.3) is 0 Å². The predicted molar refractivity (Wildman–Crippen MR) is 114 cm³/mol. The van der Waals surface area contributed by atoms with Crippen LogP contribution in [-0.2, 0) is 14.9 Å². The van der Waals surface area contributed by atoms with Crippen LogP contribution in [0.4, 0.5) is 0 Å². The molecule has 4 heteroatoms. The molecule has 0 aromatic heterocycles. The van der Waals surface area contributed by atoms with Gasteiger partial charge in [0.05, 0.1) is 13.2 Å². The normalized spacial score (nSPS) is 15.8. The van der Waals surface area contributed by atoms with Crippen molar-refractivity contribution in [3.05, 3.63) is 71.8 Å². The maximum atomic E-state index is 11.2. The molecule has 0 unspecified atom stereocenters. The molecule has 0 saturated carbocycles. The van der Waals surface area contributed by atoms with Crippen LogP contribution in [0.15, 0.2) is 65.7 Å². The Labute approximate surface area is 168 Å². The van der Waals surface area contributed by atoms with Gasteiger partial charge >= 0.3 is 0 Å². The number of aliphatic imine (C=N–C) groups is 1. The quantitative estimate of drug-likeness (QED) is 0.650. The second-order valence-electron chi connectivity index (χ2n) is 7.39. The van der Waals surface area contributed by atoms with Gasteiger partial charge in [-0.15, -0.1) is 0 Å². The predicted octanol–water partition coefficient (Wildman–Crippen LogP) is 4.09. The number of hydrogen-bond donors (Lipinski definition) is 0. The SMILES string of the molecule is CC(=O)N=CCCC(CCN1CCOCC1)(c1ccccc1)c1ccccc1. The zero-order chi connectivity index (χ0) is 19.7. The molecule has 3 rings (SSSR count). The molecule has 0 radical (unpaired) electrons. The maximum absolute atomic E-state index is 11.2. The van der Waals surface area contributed by atoms with Crippen molar-refractivity contribution in [3.8, 4) is 0 Å². The fourth-order valence-electron chi connectivity index (χ4n) is 4.06. The van der Waals surface area contributed by atoms with E-state index in [1.807, 2.05) is 0 Å². The average molecular weight is 379 g/mol. The molecule has 28 heavy (non-hydrogen) atoms. The first-order chi connectivity index (χ1) is 13.7. The highest BCUT2D eigenvalue weighted by Gasteiger charge is 2.34. The molecular formula is C24H30N2O2. The number of rotatable bonds is 8. The van der Waals surface area contributed by atoms with Crippen LogP contribution in [0.1, 0.15) is 37.3 Å². The molecule has 1 heterocycles. The number of amides is 1. The van der Waals surface area contributed by atoms with E-state index in [1.54, 1.807) is 6.21 Å². The third-order valence-corrected chi connectivity index (χ3v) is 5.58. The van der Waals surface area contributed by atoms with Crippen LogP contribution in [0.2, 0.25) is 0 Å². The van der Waals surface area contributed by atoms with Crippen LogP contribution in [0, 0.1) is 0 Å². The summed E-state index contributed by atoms with van der Waals surface area (Å²) in [6, 6.07) is 21.5. The number of hydrogen-bond acceptors (Lipinski definition) is 3. The van der Waals surface area contributed by atoms with Crippen molar-refractivity contribution in [1.29, 1.82) is 0 Å². The molecule has 1 saturated heterocycles. The first-order valence-electron chi connectivity index (χ1n) is 10.1. The van der Waals surface area contributed by atoms with Gasteiger partial charge in [0, 0.05) is 31.6 Å². The molecule has 0 N–H and O–H groups in total. The van der Waals surface area contributed by atoms with Crippen LogP contribution < -0.4 is 0 Å². The third kappa shape index (κ3) is 5.37. The Balaban J connectivity index is 1.91. The van der Waals surface area contributed by atoms with Gasteiger partial charge in [-0.3, -0.25) is 9.69 Å². The molecule has 1 fully saturated rings. The number of carbonyl (C=O) groups excluding carboxylic acids is 1. The van der Waals surface area contributed by atoms with E-state index in [0.29, 0.717) is 0 Å². The molecule has 0 aliphatic carbocycles. The van der Waals surface area contributed by atoms with E-state index in [9.17, 15) is 4.79 Å². The fraction of sp³-hybridized carbons (Fsp3) is 0.417. The lowest BCUT2D eigenvalue weighted by molar-refractivity contribution is -0.115. The Hall–Kier alpha value is -2.30. The van der Waals surface area contributed by atoms with Gasteiger partial charge in [-0.2, -0.15) is 0 Å². The number of carbonyl (C=O) groups is 1. The van der Waals surface area contributed by atoms with E-state index >= 15 is 0 Å². The maximum Gasteiger partial charge on any atom is 0.242 e. The summed E-state index contributed by atoms with van der Waals surface area (Å²) in [6.07, 6.45) is 4.49. The lowest BCUT2D eigenvalue weighted by atomic mass is 9.69. The van der Waals surface area contributed by atoms with E-state index in [4.69, 9.17) is 4.74 Å². The second kappa shape index (κ2) is 10.3. The van der Waals surface area contributed by atoms with Crippen molar-refractivity contribution >= 4 is 12.1 Å². The van der Waals surface area contributed by atoms with E-state index < -0.39 is 0 Å². The lowest BCUT2D eigenvalue weighted by Crippen LogP contribution is -2.40. The number of morpholine rings is 1. The largest absolute Gasteiger partial charge is 0.379 e. The molecule has 4 nitrogen and oxygen atoms in total. The summed E-state index contributed by atoms with van der Waals surface area (Å²) in [5.74, 6) is -0.140. The average Bonchev–Trinajstić information content (AvgIpc) is 2.75. The first-order valence-corrected chi connectivity index (χ1v) is 10.1. The minimum absolute atomic E-state index is 0.108. The van der Waals surface area contributed by atoms with E-state index in [1.165, 1.54) is 18.1 Å². The summed E-state index contributed by atoms with van der Waals surface area (Å²) in [7, 11) is 0. The van der Waals surface area contributed by atoms with Crippen LogP contribution in [0.5, 0.6) is 0 Å². The highest BCUT2D eigenvalue weighted by atomic mass is 16.5. The zero-order valence-electron chi connectivity index (χ0n) is 16.7. The molecule has 1 aliphatic rings. The van der Waals surface area contributed by atoms with Gasteiger partial charge in [0.2, 0.25) is 5.91 Å². The van der Waals surface area contributed by atoms with Crippen molar-refractivity contribution in [1.82, 2.24) is 4.90 Å². The smallest absolute Gasteiger partial charge is 0.242 e. The van der Waals surface area contributed by atoms with Gasteiger partial charge in [-0.25, -0.2) is 4.99 Å². The van der Waals surface area contributed by atoms with Crippen molar-refractivity contribution < 1.29 is 9.53 Å². The summed E-state index contributed by atoms with van der Waals surface area (Å²) in [5.41, 5.74) is 2.54. The van der Waals surface area contributed by atoms with Gasteiger partial charge < -0.3 is 4.74 Å². The van der Waals surface area contributed by atoms with Gasteiger partial charge in [0.15, 0.2) is 0 Å². The van der Waals surface area contributed by atoms with E-state index in [0.717, 1.165) is 52.1 Å². The Morgan fingerprint density at radius 2 is 1.57 bits per heavy atom. The molecule has 148 valence electrons. The highest BCUT2D eigenvalue weighted by Crippen LogP contribution is 2.40. The van der Waals surface area contributed by atoms with Gasteiger partial charge in [-0.1, -0.05) is 60.7 Å². The monoisotopic (exact) mass is 378 g/mol. The molecule has 2 aromatic rings. The summed E-state index contributed by atoms with van der Waals surface area (Å²) in [6.45, 7) is 6.13. The van der Waals surface area contributed by atoms with Crippen molar-refractivity contribution in [3.63, 3.8) is 0 Å². The Kier molecular flexibility index (Phi) is 7.52. The molecule has 0 spiro atoms. The first kappa shape index (κ1) is 20.4. The topological polar surface area (TPSA) is 41.9 Å². The molecule has 1 amide bonds. The van der Waals surface area contributed by atoms with Crippen LogP contribution in [-0.4, -0.2) is 49.9 Å². The zero-order valence-corrected chi connectivity index (χ0v) is 16.7. The molecular weight excluding hydrogens is 348 g/mol. The summed E-state index contributed by atoms with van der Waals surface area (Å²) >= 11 is 0. The standard InChI is InChI=1S/C24H30N2O2/c1-21(27)25-15-8-13-24(22-9-4-2-5-10-22,23-11-6-3-7-12-23)14-16-26-17-19-28-20-18-26/h2-7,9-12,15H,8,13-14,16-20H2,1H3. The number of ether oxygens (including phenoxy) is 1. The second-order valence-corrected chi connectivity index (χ2v) is 7.39. The third-order valence-electron chi connectivity index (χ3n) is 5.58. The Bertz CT molecular complexity index is 713. The van der Waals surface area contributed by atoms with E-state index in [2.05, 4.69) is 70.6 Å². The lowest BCUT2D eigenvalue weighted by Gasteiger charge is -2.38. The molecule has 0 bridgehead atoms. The highest BCUT2D eigenvalue weighted by molar-refractivity contribution is 5.82. The van der Waals surface area contributed by atoms with Crippen molar-refractivity contribution in [2.24, 2.45) is 4.99 Å². The van der Waals surface area contributed by atoms with Gasteiger partial charge in [-0.05, 0) is 36.9 Å². The van der Waals surface area contributed by atoms with Crippen LogP contribution in [0.3, 0.4) is 0 Å². The Morgan fingerprint density at radius 3 is 2.11 bits per heavy atom. The van der Waals surface area contributed by atoms with Gasteiger partial charge in [0.1, 0.15) is 0 Å². The van der Waals surface area contributed by atoms with Crippen molar-refractivity contribution in [2.75, 3.05) is 32.8 Å². The summed E-state index contributed by atoms with van der Waals surface area (Å²) < 4.78 is 5.51. The molecule has 1 aliphatic heterocycles. The number of benzene rings is 2. The Morgan fingerprint density at radius 1 is 1.00 bits per heavy atom. The van der Waals surface area contributed by atoms with Crippen LogP contribution in [0.25, 0.3) is 0 Å².